The van der Waals surface area contributed by atoms with E-state index < -0.39 is 0 Å². The van der Waals surface area contributed by atoms with Crippen LogP contribution in [0.1, 0.15) is 51.3 Å². The Hall–Kier alpha value is 0.100. The smallest absolute Gasteiger partial charge is 0.0343 e. The molecule has 2 aliphatic rings. The van der Waals surface area contributed by atoms with E-state index in [4.69, 9.17) is 0 Å². The van der Waals surface area contributed by atoms with Crippen molar-refractivity contribution in [3.8, 4) is 0 Å². The van der Waals surface area contributed by atoms with Gasteiger partial charge >= 0.3 is 0 Å². The largest absolute Gasteiger partial charge is 0.308 e. The van der Waals surface area contributed by atoms with Crippen molar-refractivity contribution in [2.45, 2.75) is 64.6 Å². The highest BCUT2D eigenvalue weighted by Crippen LogP contribution is 2.38. The number of hydrogen-bond acceptors (Lipinski definition) is 3. The Balaban J connectivity index is 1.81. The molecule has 1 saturated heterocycles. The SMILES string of the molecule is CC(C)(C)C1CNC2(CCCC2)CN1Cc1sccc1Br. The Kier molecular flexibility index (Phi) is 4.53. The lowest BCUT2D eigenvalue weighted by Crippen LogP contribution is -2.65. The third-order valence-corrected chi connectivity index (χ3v) is 7.13. The van der Waals surface area contributed by atoms with Gasteiger partial charge in [0.1, 0.15) is 0 Å². The molecule has 1 spiro atoms. The first kappa shape index (κ1) is 16.0. The first-order chi connectivity index (χ1) is 9.90. The van der Waals surface area contributed by atoms with Crippen LogP contribution in [0, 0.1) is 5.41 Å². The molecule has 1 atom stereocenters. The van der Waals surface area contributed by atoms with Crippen LogP contribution >= 0.6 is 27.3 Å². The molecule has 1 aliphatic carbocycles. The molecule has 4 heteroatoms. The van der Waals surface area contributed by atoms with Gasteiger partial charge in [0.25, 0.3) is 0 Å². The zero-order valence-corrected chi connectivity index (χ0v) is 15.8. The summed E-state index contributed by atoms with van der Waals surface area (Å²) >= 11 is 5.58. The second kappa shape index (κ2) is 5.95. The normalized spacial score (nSPS) is 26.6. The first-order valence-corrected chi connectivity index (χ1v) is 9.78. The van der Waals surface area contributed by atoms with E-state index in [0.29, 0.717) is 17.0 Å². The van der Waals surface area contributed by atoms with Gasteiger partial charge < -0.3 is 5.32 Å². The Morgan fingerprint density at radius 3 is 2.67 bits per heavy atom. The fourth-order valence-electron chi connectivity index (χ4n) is 4.03. The van der Waals surface area contributed by atoms with Gasteiger partial charge in [-0.1, -0.05) is 33.6 Å². The predicted octanol–water partition coefficient (Wildman–Crippen LogP) is 4.64. The van der Waals surface area contributed by atoms with Crippen molar-refractivity contribution in [2.75, 3.05) is 13.1 Å². The van der Waals surface area contributed by atoms with E-state index in [-0.39, 0.29) is 0 Å². The van der Waals surface area contributed by atoms with Crippen LogP contribution in [0.25, 0.3) is 0 Å². The number of piperazine rings is 1. The van der Waals surface area contributed by atoms with Crippen LogP contribution in [0.5, 0.6) is 0 Å². The fraction of sp³-hybridized carbons (Fsp3) is 0.765. The Labute approximate surface area is 141 Å². The Bertz CT molecular complexity index is 485. The standard InChI is InChI=1S/C17H27BrN2S/c1-16(2,3)15-10-19-17(7-4-5-8-17)12-20(15)11-14-13(18)6-9-21-14/h6,9,15,19H,4-5,7-8,10-12H2,1-3H3. The lowest BCUT2D eigenvalue weighted by atomic mass is 9.81. The molecule has 0 radical (unpaired) electrons. The van der Waals surface area contributed by atoms with Crippen LogP contribution in [0.15, 0.2) is 15.9 Å². The van der Waals surface area contributed by atoms with Gasteiger partial charge in [-0.15, -0.1) is 11.3 Å². The van der Waals surface area contributed by atoms with E-state index in [0.717, 1.165) is 13.1 Å². The van der Waals surface area contributed by atoms with Crippen LogP contribution in [-0.4, -0.2) is 29.6 Å². The zero-order valence-electron chi connectivity index (χ0n) is 13.4. The van der Waals surface area contributed by atoms with Gasteiger partial charge in [-0.25, -0.2) is 0 Å². The summed E-state index contributed by atoms with van der Waals surface area (Å²) in [6, 6.07) is 2.79. The first-order valence-electron chi connectivity index (χ1n) is 8.11. The highest BCUT2D eigenvalue weighted by Gasteiger charge is 2.44. The summed E-state index contributed by atoms with van der Waals surface area (Å²) in [6.45, 7) is 10.6. The number of nitrogens with one attached hydrogen (secondary N) is 1. The van der Waals surface area contributed by atoms with Gasteiger partial charge in [0.2, 0.25) is 0 Å². The maximum Gasteiger partial charge on any atom is 0.0343 e. The maximum absolute atomic E-state index is 3.93. The van der Waals surface area contributed by atoms with Crippen LogP contribution in [0.2, 0.25) is 0 Å². The average Bonchev–Trinajstić information content (AvgIpc) is 2.99. The summed E-state index contributed by atoms with van der Waals surface area (Å²) in [5.41, 5.74) is 0.711. The molecule has 1 aromatic heterocycles. The number of thiophene rings is 1. The van der Waals surface area contributed by atoms with Crippen molar-refractivity contribution in [1.29, 1.82) is 0 Å². The van der Waals surface area contributed by atoms with Gasteiger partial charge in [0.05, 0.1) is 0 Å². The second-order valence-corrected chi connectivity index (χ2v) is 9.70. The summed E-state index contributed by atoms with van der Waals surface area (Å²) in [4.78, 5) is 4.22. The number of hydrogen-bond donors (Lipinski definition) is 1. The van der Waals surface area contributed by atoms with Gasteiger partial charge in [-0.05, 0) is 45.6 Å². The highest BCUT2D eigenvalue weighted by molar-refractivity contribution is 9.10. The summed E-state index contributed by atoms with van der Waals surface area (Å²) < 4.78 is 1.28. The van der Waals surface area contributed by atoms with Crippen LogP contribution in [0.4, 0.5) is 0 Å². The van der Waals surface area contributed by atoms with E-state index in [1.54, 1.807) is 0 Å². The molecule has 1 unspecified atom stereocenters. The van der Waals surface area contributed by atoms with E-state index in [1.165, 1.54) is 41.6 Å². The monoisotopic (exact) mass is 370 g/mol. The minimum absolute atomic E-state index is 0.316. The number of halogens is 1. The molecule has 3 rings (SSSR count). The lowest BCUT2D eigenvalue weighted by molar-refractivity contribution is 0.0185. The predicted molar refractivity (Wildman–Crippen MR) is 94.9 cm³/mol. The van der Waals surface area contributed by atoms with Crippen LogP contribution in [0.3, 0.4) is 0 Å². The third-order valence-electron chi connectivity index (χ3n) is 5.22. The lowest BCUT2D eigenvalue weighted by Gasteiger charge is -2.50. The van der Waals surface area contributed by atoms with Crippen molar-refractivity contribution in [3.63, 3.8) is 0 Å². The van der Waals surface area contributed by atoms with E-state index >= 15 is 0 Å². The number of nitrogens with zero attached hydrogens (tertiary/aromatic N) is 1. The molecule has 2 heterocycles. The minimum Gasteiger partial charge on any atom is -0.308 e. The molecule has 1 aromatic rings. The van der Waals surface area contributed by atoms with Crippen molar-refractivity contribution in [1.82, 2.24) is 10.2 Å². The van der Waals surface area contributed by atoms with E-state index in [9.17, 15) is 0 Å². The molecule has 2 nitrogen and oxygen atoms in total. The van der Waals surface area contributed by atoms with Crippen LogP contribution < -0.4 is 5.32 Å². The molecule has 118 valence electrons. The fourth-order valence-corrected chi connectivity index (χ4v) is 5.53. The zero-order chi connectivity index (χ0) is 15.1. The van der Waals surface area contributed by atoms with Gasteiger partial charge in [0, 0.05) is 40.6 Å². The van der Waals surface area contributed by atoms with Crippen LogP contribution in [-0.2, 0) is 6.54 Å². The molecule has 1 saturated carbocycles. The summed E-state index contributed by atoms with van der Waals surface area (Å²) in [6.07, 6.45) is 5.49. The molecule has 21 heavy (non-hydrogen) atoms. The molecule has 0 bridgehead atoms. The average molecular weight is 371 g/mol. The Morgan fingerprint density at radius 2 is 2.10 bits per heavy atom. The minimum atomic E-state index is 0.316. The van der Waals surface area contributed by atoms with Gasteiger partial charge in [0.15, 0.2) is 0 Å². The van der Waals surface area contributed by atoms with E-state index in [1.807, 2.05) is 11.3 Å². The van der Waals surface area contributed by atoms with Gasteiger partial charge in [-0.3, -0.25) is 4.90 Å². The van der Waals surface area contributed by atoms with Crippen molar-refractivity contribution in [2.24, 2.45) is 5.41 Å². The molecule has 0 amide bonds. The third kappa shape index (κ3) is 3.39. The molecule has 1 N–H and O–H groups in total. The summed E-state index contributed by atoms with van der Waals surface area (Å²) in [5, 5.41) is 6.12. The summed E-state index contributed by atoms with van der Waals surface area (Å²) in [5.74, 6) is 0. The summed E-state index contributed by atoms with van der Waals surface area (Å²) in [7, 11) is 0. The van der Waals surface area contributed by atoms with Crippen molar-refractivity contribution >= 4 is 27.3 Å². The van der Waals surface area contributed by atoms with Gasteiger partial charge in [-0.2, -0.15) is 0 Å². The molecular formula is C17H27BrN2S. The number of rotatable bonds is 2. The molecule has 0 aromatic carbocycles. The van der Waals surface area contributed by atoms with E-state index in [2.05, 4.69) is 58.4 Å². The molecule has 2 fully saturated rings. The second-order valence-electron chi connectivity index (χ2n) is 7.85. The van der Waals surface area contributed by atoms with Crippen molar-refractivity contribution in [3.05, 3.63) is 20.8 Å². The molecule has 1 aliphatic heterocycles. The molecular weight excluding hydrogens is 344 g/mol. The van der Waals surface area contributed by atoms with Crippen molar-refractivity contribution < 1.29 is 0 Å². The maximum atomic E-state index is 3.93. The Morgan fingerprint density at radius 1 is 1.38 bits per heavy atom. The quantitative estimate of drug-likeness (QED) is 0.815. The highest BCUT2D eigenvalue weighted by atomic mass is 79.9. The topological polar surface area (TPSA) is 15.3 Å².